The van der Waals surface area contributed by atoms with E-state index >= 15 is 0 Å². The number of rotatable bonds is 9. The molecule has 118 valence electrons. The average Bonchev–Trinajstić information content (AvgIpc) is 2.30. The largest absolute Gasteiger partial charge is 0.466 e. The van der Waals surface area contributed by atoms with Crippen LogP contribution in [0.5, 0.6) is 0 Å². The maximum Gasteiger partial charge on any atom is 0.466 e. The Morgan fingerprint density at radius 3 is 1.16 bits per heavy atom. The van der Waals surface area contributed by atoms with Gasteiger partial charge in [-0.25, -0.2) is 4.57 Å². The second kappa shape index (κ2) is 12.3. The molecule has 3 N–H and O–H groups in total. The molecule has 0 rings (SSSR count). The number of phosphoric acid groups is 1. The van der Waals surface area contributed by atoms with Crippen LogP contribution in [-0.2, 0) is 4.57 Å². The molecule has 0 aliphatic heterocycles. The van der Waals surface area contributed by atoms with Gasteiger partial charge in [0.25, 0.3) is 0 Å². The predicted molar refractivity (Wildman–Crippen MR) is 86.4 cm³/mol. The minimum Gasteiger partial charge on any atom is -0.303 e. The number of hydrogen-bond acceptors (Lipinski definition) is 1. The molecule has 0 aromatic carbocycles. The van der Waals surface area contributed by atoms with E-state index in [2.05, 4.69) is 27.4 Å². The third-order valence-corrected chi connectivity index (χ3v) is 7.34. The summed E-state index contributed by atoms with van der Waals surface area (Å²) in [6.45, 7) is 9.59. The normalized spacial score (nSPS) is 11.9. The van der Waals surface area contributed by atoms with Gasteiger partial charge in [-0.15, -0.1) is 0 Å². The van der Waals surface area contributed by atoms with E-state index in [4.69, 9.17) is 19.2 Å². The van der Waals surface area contributed by atoms with Crippen molar-refractivity contribution >= 4 is 15.1 Å². The Kier molecular flexibility index (Phi) is 14.1. The third-order valence-electron chi connectivity index (χ3n) is 3.15. The first-order valence-electron chi connectivity index (χ1n) is 7.30. The minimum absolute atomic E-state index is 0.519. The highest BCUT2D eigenvalue weighted by Gasteiger charge is 2.28. The fraction of sp³-hybridized carbons (Fsp3) is 1.00. The van der Waals surface area contributed by atoms with E-state index in [9.17, 15) is 0 Å². The van der Waals surface area contributed by atoms with Gasteiger partial charge >= 0.3 is 7.82 Å². The van der Waals surface area contributed by atoms with Crippen LogP contribution in [0.2, 0.25) is 0 Å². The lowest BCUT2D eigenvalue weighted by molar-refractivity contribution is 0.275. The van der Waals surface area contributed by atoms with Gasteiger partial charge in [0.2, 0.25) is 0 Å². The molecule has 0 saturated carbocycles. The third kappa shape index (κ3) is 21.0. The van der Waals surface area contributed by atoms with Crippen molar-refractivity contribution < 1.29 is 19.2 Å². The van der Waals surface area contributed by atoms with E-state index < -0.39 is 15.1 Å². The van der Waals surface area contributed by atoms with Crippen molar-refractivity contribution in [1.82, 2.24) is 0 Å². The molecule has 0 heterocycles. The van der Waals surface area contributed by atoms with Crippen LogP contribution in [0.15, 0.2) is 0 Å². The molecule has 0 amide bonds. The van der Waals surface area contributed by atoms with Crippen molar-refractivity contribution in [2.45, 2.75) is 59.3 Å². The summed E-state index contributed by atoms with van der Waals surface area (Å²) in [5.41, 5.74) is 0. The molecule has 19 heavy (non-hydrogen) atoms. The summed E-state index contributed by atoms with van der Waals surface area (Å²) in [7, 11) is -5.16. The van der Waals surface area contributed by atoms with E-state index in [1.807, 2.05) is 0 Å². The van der Waals surface area contributed by atoms with Crippen molar-refractivity contribution in [3.63, 3.8) is 0 Å². The van der Waals surface area contributed by atoms with E-state index in [0.717, 1.165) is 0 Å². The smallest absolute Gasteiger partial charge is 0.303 e. The van der Waals surface area contributed by atoms with Crippen LogP contribution in [0, 0.1) is 0 Å². The first kappa shape index (κ1) is 21.8. The van der Waals surface area contributed by atoms with E-state index in [-0.39, 0.29) is 0 Å². The fourth-order valence-corrected chi connectivity index (χ4v) is 5.86. The molecule has 0 unspecified atom stereocenters. The molecule has 0 aromatic rings. The van der Waals surface area contributed by atoms with Crippen LogP contribution >= 0.6 is 15.1 Å². The standard InChI is InChI=1S/C13H30P.H3O4P/c1-5-8-11-14(4,12-9-6-2)13-10-7-3;1-5(2,3)4/h5-13H2,1-4H3;(H3,1,2,3,4)/q+1;. The summed E-state index contributed by atoms with van der Waals surface area (Å²) < 4.78 is 8.88. The second-order valence-corrected chi connectivity index (χ2v) is 11.0. The highest BCUT2D eigenvalue weighted by atomic mass is 31.2. The zero-order valence-corrected chi connectivity index (χ0v) is 14.8. The molecule has 0 aliphatic rings. The summed E-state index contributed by atoms with van der Waals surface area (Å²) in [5.74, 6) is 0. The van der Waals surface area contributed by atoms with Crippen molar-refractivity contribution in [2.75, 3.05) is 25.2 Å². The van der Waals surface area contributed by atoms with Gasteiger partial charge in [-0.2, -0.15) is 0 Å². The Hall–Kier alpha value is 0.540. The first-order valence-corrected chi connectivity index (χ1v) is 11.7. The highest BCUT2D eigenvalue weighted by molar-refractivity contribution is 7.75. The van der Waals surface area contributed by atoms with Crippen molar-refractivity contribution in [3.8, 4) is 0 Å². The van der Waals surface area contributed by atoms with Crippen molar-refractivity contribution in [1.29, 1.82) is 0 Å². The quantitative estimate of drug-likeness (QED) is 0.560. The zero-order valence-electron chi connectivity index (χ0n) is 13.0. The van der Waals surface area contributed by atoms with Crippen LogP contribution < -0.4 is 0 Å². The SMILES string of the molecule is CCCC[P+](C)(CCCC)CCCC.O=P(O)(O)O. The minimum atomic E-state index is -4.64. The van der Waals surface area contributed by atoms with Gasteiger partial charge in [0, 0.05) is 13.9 Å². The van der Waals surface area contributed by atoms with Gasteiger partial charge in [-0.1, -0.05) is 40.0 Å². The summed E-state index contributed by atoms with van der Waals surface area (Å²) in [6, 6.07) is 0. The lowest BCUT2D eigenvalue weighted by Gasteiger charge is -2.22. The van der Waals surface area contributed by atoms with Crippen molar-refractivity contribution in [3.05, 3.63) is 0 Å². The Morgan fingerprint density at radius 2 is 1.00 bits per heavy atom. The van der Waals surface area contributed by atoms with Gasteiger partial charge in [0.05, 0.1) is 18.5 Å². The van der Waals surface area contributed by atoms with Crippen LogP contribution in [0.1, 0.15) is 59.3 Å². The Bertz CT molecular complexity index is 211. The molecule has 0 spiro atoms. The van der Waals surface area contributed by atoms with Gasteiger partial charge in [-0.3, -0.25) is 0 Å². The lowest BCUT2D eigenvalue weighted by Crippen LogP contribution is -2.07. The summed E-state index contributed by atoms with van der Waals surface area (Å²) >= 11 is 0. The van der Waals surface area contributed by atoms with Crippen LogP contribution in [-0.4, -0.2) is 39.8 Å². The van der Waals surface area contributed by atoms with Crippen molar-refractivity contribution in [2.24, 2.45) is 0 Å². The molecule has 0 bridgehead atoms. The molecule has 0 aromatic heterocycles. The Labute approximate surface area is 119 Å². The Balaban J connectivity index is 0. The summed E-state index contributed by atoms with van der Waals surface area (Å²) in [4.78, 5) is 21.6. The average molecular weight is 315 g/mol. The summed E-state index contributed by atoms with van der Waals surface area (Å²) in [6.07, 6.45) is 13.2. The van der Waals surface area contributed by atoms with Gasteiger partial charge in [0.15, 0.2) is 0 Å². The fourth-order valence-electron chi connectivity index (χ4n) is 1.95. The van der Waals surface area contributed by atoms with Crippen LogP contribution in [0.3, 0.4) is 0 Å². The molecular weight excluding hydrogens is 282 g/mol. The van der Waals surface area contributed by atoms with E-state index in [1.54, 1.807) is 18.5 Å². The molecule has 0 saturated heterocycles. The van der Waals surface area contributed by atoms with E-state index in [1.165, 1.54) is 38.5 Å². The highest BCUT2D eigenvalue weighted by Crippen LogP contribution is 2.57. The molecule has 6 heteroatoms. The van der Waals surface area contributed by atoms with Gasteiger partial charge < -0.3 is 14.7 Å². The van der Waals surface area contributed by atoms with E-state index in [0.29, 0.717) is 0 Å². The number of hydrogen-bond donors (Lipinski definition) is 3. The van der Waals surface area contributed by atoms with Crippen LogP contribution in [0.4, 0.5) is 0 Å². The monoisotopic (exact) mass is 315 g/mol. The first-order chi connectivity index (χ1) is 8.68. The zero-order chi connectivity index (χ0) is 15.4. The topological polar surface area (TPSA) is 77.8 Å². The predicted octanol–water partition coefficient (Wildman–Crippen LogP) is 4.11. The molecule has 0 radical (unpaired) electrons. The second-order valence-electron chi connectivity index (χ2n) is 5.36. The maximum absolute atomic E-state index is 8.88. The Morgan fingerprint density at radius 1 is 0.789 bits per heavy atom. The maximum atomic E-state index is 8.88. The molecular formula is C13H33O4P2+. The van der Waals surface area contributed by atoms with Gasteiger partial charge in [0.1, 0.15) is 0 Å². The van der Waals surface area contributed by atoms with Gasteiger partial charge in [-0.05, 0) is 19.3 Å². The number of unbranched alkanes of at least 4 members (excludes halogenated alkanes) is 3. The molecule has 4 nitrogen and oxygen atoms in total. The van der Waals surface area contributed by atoms with Crippen LogP contribution in [0.25, 0.3) is 0 Å². The molecule has 0 fully saturated rings. The molecule has 0 aliphatic carbocycles. The lowest BCUT2D eigenvalue weighted by atomic mass is 10.4. The summed E-state index contributed by atoms with van der Waals surface area (Å²) in [5, 5.41) is 0. The molecule has 0 atom stereocenters.